The molecule has 0 bridgehead atoms. The van der Waals surface area contributed by atoms with Crippen LogP contribution in [0.3, 0.4) is 0 Å². The fourth-order valence-electron chi connectivity index (χ4n) is 3.20. The highest BCUT2D eigenvalue weighted by Crippen LogP contribution is 2.29. The van der Waals surface area contributed by atoms with E-state index >= 15 is 0 Å². The third-order valence-electron chi connectivity index (χ3n) is 5.10. The van der Waals surface area contributed by atoms with Crippen molar-refractivity contribution in [3.8, 4) is 11.5 Å². The molecule has 3 aromatic rings. The largest absolute Gasteiger partial charge is 0.415 e. The molecule has 0 saturated heterocycles. The Morgan fingerprint density at radius 1 is 1.19 bits per heavy atom. The van der Waals surface area contributed by atoms with E-state index in [1.54, 1.807) is 19.1 Å². The van der Waals surface area contributed by atoms with E-state index in [0.29, 0.717) is 24.2 Å². The van der Waals surface area contributed by atoms with Crippen LogP contribution < -0.4 is 4.72 Å². The molecule has 0 amide bonds. The molecule has 1 N–H and O–H groups in total. The first kappa shape index (κ1) is 22.3. The van der Waals surface area contributed by atoms with Crippen molar-refractivity contribution in [1.29, 1.82) is 0 Å². The number of halogens is 3. The van der Waals surface area contributed by atoms with Crippen molar-refractivity contribution in [3.63, 3.8) is 0 Å². The molecule has 1 saturated carbocycles. The molecule has 1 unspecified atom stereocenters. The molecule has 0 radical (unpaired) electrons. The van der Waals surface area contributed by atoms with Gasteiger partial charge in [0.25, 0.3) is 11.8 Å². The number of alkyl halides is 2. The molecule has 4 rings (SSSR count). The zero-order valence-electron chi connectivity index (χ0n) is 17.0. The van der Waals surface area contributed by atoms with E-state index in [1.165, 1.54) is 18.5 Å². The lowest BCUT2D eigenvalue weighted by molar-refractivity contribution is 0.116. The number of aryl methyl sites for hydroxylation is 1. The van der Waals surface area contributed by atoms with Gasteiger partial charge in [0.2, 0.25) is 10.0 Å². The van der Waals surface area contributed by atoms with Crippen molar-refractivity contribution >= 4 is 10.0 Å². The predicted octanol–water partition coefficient (Wildman–Crippen LogP) is 3.32. The summed E-state index contributed by atoms with van der Waals surface area (Å²) in [6.07, 6.45) is 1.17. The lowest BCUT2D eigenvalue weighted by Gasteiger charge is -2.18. The maximum absolute atomic E-state index is 14.6. The van der Waals surface area contributed by atoms with Crippen LogP contribution in [0.1, 0.15) is 48.0 Å². The van der Waals surface area contributed by atoms with Crippen molar-refractivity contribution in [2.75, 3.05) is 6.54 Å². The number of benzene rings is 1. The van der Waals surface area contributed by atoms with E-state index in [4.69, 9.17) is 4.42 Å². The Kier molecular flexibility index (Phi) is 6.24. The smallest absolute Gasteiger partial charge is 0.314 e. The van der Waals surface area contributed by atoms with Crippen molar-refractivity contribution in [2.24, 2.45) is 0 Å². The van der Waals surface area contributed by atoms with Gasteiger partial charge in [-0.2, -0.15) is 8.78 Å². The minimum atomic E-state index is -3.45. The SMILES string of the molecule is Cc1ccc(C(CNS(=O)(=O)C2CC2)Cc2ncc(-c3nnc(C(F)F)o3)cn2)c(F)c1. The average Bonchev–Trinajstić information content (AvgIpc) is 3.50. The second-order valence-electron chi connectivity index (χ2n) is 7.65. The molecule has 1 aromatic carbocycles. The Bertz CT molecular complexity index is 1200. The van der Waals surface area contributed by atoms with Crippen LogP contribution in [-0.4, -0.2) is 40.4 Å². The summed E-state index contributed by atoms with van der Waals surface area (Å²) in [5.74, 6) is -1.63. The summed E-state index contributed by atoms with van der Waals surface area (Å²) in [5, 5.41) is 6.40. The molecule has 0 aliphatic heterocycles. The monoisotopic (exact) mass is 467 g/mol. The van der Waals surface area contributed by atoms with Crippen LogP contribution >= 0.6 is 0 Å². The van der Waals surface area contributed by atoms with Gasteiger partial charge in [-0.25, -0.2) is 27.5 Å². The number of rotatable bonds is 9. The van der Waals surface area contributed by atoms with Crippen LogP contribution in [-0.2, 0) is 16.4 Å². The first-order chi connectivity index (χ1) is 15.2. The van der Waals surface area contributed by atoms with Crippen LogP contribution in [0.2, 0.25) is 0 Å². The summed E-state index contributed by atoms with van der Waals surface area (Å²) in [4.78, 5) is 8.38. The number of aromatic nitrogens is 4. The molecule has 2 heterocycles. The average molecular weight is 467 g/mol. The van der Waals surface area contributed by atoms with Crippen molar-refractivity contribution in [2.45, 2.75) is 43.8 Å². The normalized spacial score (nSPS) is 15.3. The third-order valence-corrected chi connectivity index (χ3v) is 7.02. The van der Waals surface area contributed by atoms with Crippen LogP contribution in [0.15, 0.2) is 35.0 Å². The molecule has 1 fully saturated rings. The highest BCUT2D eigenvalue weighted by atomic mass is 32.2. The highest BCUT2D eigenvalue weighted by molar-refractivity contribution is 7.90. The summed E-state index contributed by atoms with van der Waals surface area (Å²) < 4.78 is 71.9. The zero-order chi connectivity index (χ0) is 22.9. The second kappa shape index (κ2) is 8.94. The fraction of sp³-hybridized carbons (Fsp3) is 0.400. The van der Waals surface area contributed by atoms with E-state index < -0.39 is 39.3 Å². The van der Waals surface area contributed by atoms with Gasteiger partial charge in [-0.1, -0.05) is 12.1 Å². The van der Waals surface area contributed by atoms with Gasteiger partial charge >= 0.3 is 6.43 Å². The maximum Gasteiger partial charge on any atom is 0.314 e. The molecule has 2 aromatic heterocycles. The molecule has 8 nitrogen and oxygen atoms in total. The van der Waals surface area contributed by atoms with Crippen molar-refractivity contribution in [1.82, 2.24) is 24.9 Å². The molecular formula is C20H20F3N5O3S. The molecule has 1 aliphatic carbocycles. The number of hydrogen-bond acceptors (Lipinski definition) is 7. The Labute approximate surface area is 182 Å². The van der Waals surface area contributed by atoms with Gasteiger partial charge in [0.15, 0.2) is 0 Å². The molecule has 1 aliphatic rings. The molecular weight excluding hydrogens is 447 g/mol. The van der Waals surface area contributed by atoms with Gasteiger partial charge in [0.1, 0.15) is 11.6 Å². The van der Waals surface area contributed by atoms with Crippen LogP contribution in [0.25, 0.3) is 11.5 Å². The summed E-state index contributed by atoms with van der Waals surface area (Å²) in [6, 6.07) is 4.76. The van der Waals surface area contributed by atoms with E-state index in [2.05, 4.69) is 24.9 Å². The predicted molar refractivity (Wildman–Crippen MR) is 108 cm³/mol. The fourth-order valence-corrected chi connectivity index (χ4v) is 4.62. The summed E-state index contributed by atoms with van der Waals surface area (Å²) in [6.45, 7) is 1.75. The topological polar surface area (TPSA) is 111 Å². The quantitative estimate of drug-likeness (QED) is 0.514. The van der Waals surface area contributed by atoms with E-state index in [9.17, 15) is 21.6 Å². The van der Waals surface area contributed by atoms with E-state index in [1.807, 2.05) is 0 Å². The Morgan fingerprint density at radius 2 is 1.91 bits per heavy atom. The third kappa shape index (κ3) is 5.13. The van der Waals surface area contributed by atoms with Gasteiger partial charge < -0.3 is 4.42 Å². The summed E-state index contributed by atoms with van der Waals surface area (Å²) >= 11 is 0. The minimum Gasteiger partial charge on any atom is -0.415 e. The zero-order valence-corrected chi connectivity index (χ0v) is 17.8. The van der Waals surface area contributed by atoms with Gasteiger partial charge in [0, 0.05) is 31.3 Å². The van der Waals surface area contributed by atoms with Gasteiger partial charge in [-0.05, 0) is 37.0 Å². The summed E-state index contributed by atoms with van der Waals surface area (Å²) in [5.41, 5.74) is 1.34. The molecule has 170 valence electrons. The first-order valence-electron chi connectivity index (χ1n) is 9.90. The maximum atomic E-state index is 14.6. The molecule has 1 atom stereocenters. The highest BCUT2D eigenvalue weighted by Gasteiger charge is 2.36. The van der Waals surface area contributed by atoms with E-state index in [-0.39, 0.29) is 24.4 Å². The van der Waals surface area contributed by atoms with Gasteiger partial charge in [-0.15, -0.1) is 10.2 Å². The minimum absolute atomic E-state index is 0.00860. The van der Waals surface area contributed by atoms with Crippen LogP contribution in [0, 0.1) is 12.7 Å². The lowest BCUT2D eigenvalue weighted by atomic mass is 9.94. The number of nitrogens with zero attached hydrogens (tertiary/aromatic N) is 4. The lowest BCUT2D eigenvalue weighted by Crippen LogP contribution is -2.32. The van der Waals surface area contributed by atoms with Gasteiger partial charge in [-0.3, -0.25) is 0 Å². The van der Waals surface area contributed by atoms with Gasteiger partial charge in [0.05, 0.1) is 10.8 Å². The number of hydrogen-bond donors (Lipinski definition) is 1. The second-order valence-corrected chi connectivity index (χ2v) is 9.70. The van der Waals surface area contributed by atoms with E-state index in [0.717, 1.165) is 5.56 Å². The summed E-state index contributed by atoms with van der Waals surface area (Å²) in [7, 11) is -3.45. The van der Waals surface area contributed by atoms with Crippen molar-refractivity contribution < 1.29 is 26.0 Å². The van der Waals surface area contributed by atoms with Crippen LogP contribution in [0.4, 0.5) is 13.2 Å². The van der Waals surface area contributed by atoms with Crippen molar-refractivity contribution in [3.05, 3.63) is 59.3 Å². The number of sulfonamides is 1. The standard InChI is InChI=1S/C20H20F3N5O3S/c1-11-2-5-15(16(21)6-11)12(10-26-32(29,30)14-3-4-14)7-17-24-8-13(9-25-17)19-27-28-20(31-19)18(22)23/h2,5-6,8-9,12,14,18,26H,3-4,7,10H2,1H3. The number of nitrogens with one attached hydrogen (secondary N) is 1. The first-order valence-corrected chi connectivity index (χ1v) is 11.4. The van der Waals surface area contributed by atoms with Crippen LogP contribution in [0.5, 0.6) is 0 Å². The molecule has 12 heteroatoms. The molecule has 0 spiro atoms. The Morgan fingerprint density at radius 3 is 2.50 bits per heavy atom. The molecule has 32 heavy (non-hydrogen) atoms. The Balaban J connectivity index is 1.54. The Hall–Kier alpha value is -2.86.